The molecule has 0 aliphatic heterocycles. The minimum absolute atomic E-state index is 0.0401. The Hall–Kier alpha value is -2.39. The van der Waals surface area contributed by atoms with Crippen LogP contribution >= 0.6 is 23.2 Å². The number of pyridine rings is 1. The molecule has 0 saturated carbocycles. The highest BCUT2D eigenvalue weighted by Crippen LogP contribution is 2.31. The van der Waals surface area contributed by atoms with Gasteiger partial charge in [0.05, 0.1) is 15.7 Å². The molecule has 11 heteroatoms. The van der Waals surface area contributed by atoms with E-state index in [1.807, 2.05) is 0 Å². The van der Waals surface area contributed by atoms with Crippen LogP contribution in [-0.2, 0) is 12.7 Å². The summed E-state index contributed by atoms with van der Waals surface area (Å²) < 4.78 is 40.2. The van der Waals surface area contributed by atoms with Gasteiger partial charge in [-0.2, -0.15) is 17.9 Å². The van der Waals surface area contributed by atoms with Gasteiger partial charge in [0.15, 0.2) is 0 Å². The molecule has 0 bridgehead atoms. The standard InChI is InChI=1S/C14H9Cl2F3N6/c15-9-4-1-5-10(11(9)16)25-13(22-23-24-25)21-7-8-3-2-6-20-12(8)14(17,18)19/h1-6H,7H2,(H,21,22,24). The van der Waals surface area contributed by atoms with Crippen LogP contribution in [0.25, 0.3) is 5.69 Å². The minimum atomic E-state index is -4.56. The maximum Gasteiger partial charge on any atom is 0.433 e. The van der Waals surface area contributed by atoms with Crippen molar-refractivity contribution in [3.63, 3.8) is 0 Å². The van der Waals surface area contributed by atoms with E-state index in [1.165, 1.54) is 16.8 Å². The summed E-state index contributed by atoms with van der Waals surface area (Å²) in [6, 6.07) is 7.61. The van der Waals surface area contributed by atoms with Crippen LogP contribution in [0.4, 0.5) is 19.1 Å². The summed E-state index contributed by atoms with van der Waals surface area (Å²) in [6.45, 7) is -0.179. The first-order chi connectivity index (χ1) is 11.9. The molecule has 3 rings (SSSR count). The zero-order chi connectivity index (χ0) is 18.0. The largest absolute Gasteiger partial charge is 0.433 e. The van der Waals surface area contributed by atoms with Gasteiger partial charge in [-0.3, -0.25) is 4.98 Å². The molecule has 0 aliphatic carbocycles. The van der Waals surface area contributed by atoms with Crippen LogP contribution in [0.5, 0.6) is 0 Å². The van der Waals surface area contributed by atoms with E-state index in [2.05, 4.69) is 25.8 Å². The fourth-order valence-electron chi connectivity index (χ4n) is 2.13. The number of alkyl halides is 3. The molecule has 130 valence electrons. The van der Waals surface area contributed by atoms with Crippen molar-refractivity contribution in [2.45, 2.75) is 12.7 Å². The Kier molecular flexibility index (Phi) is 4.78. The van der Waals surface area contributed by atoms with E-state index in [1.54, 1.807) is 18.2 Å². The molecule has 0 fully saturated rings. The molecule has 0 spiro atoms. The molecular weight excluding hydrogens is 380 g/mol. The Balaban J connectivity index is 1.88. The number of benzene rings is 1. The molecule has 25 heavy (non-hydrogen) atoms. The predicted octanol–water partition coefficient (Wildman–Crippen LogP) is 4.00. The van der Waals surface area contributed by atoms with Crippen LogP contribution < -0.4 is 5.32 Å². The molecule has 0 atom stereocenters. The highest BCUT2D eigenvalue weighted by molar-refractivity contribution is 6.43. The first-order valence-corrected chi connectivity index (χ1v) is 7.61. The van der Waals surface area contributed by atoms with Gasteiger partial charge in [0, 0.05) is 18.3 Å². The molecule has 2 heterocycles. The highest BCUT2D eigenvalue weighted by Gasteiger charge is 2.34. The van der Waals surface area contributed by atoms with Crippen molar-refractivity contribution in [2.75, 3.05) is 5.32 Å². The lowest BCUT2D eigenvalue weighted by Crippen LogP contribution is -2.15. The Bertz CT molecular complexity index is 896. The van der Waals surface area contributed by atoms with Crippen molar-refractivity contribution >= 4 is 29.2 Å². The summed E-state index contributed by atoms with van der Waals surface area (Å²) in [5.41, 5.74) is -0.618. The van der Waals surface area contributed by atoms with Crippen molar-refractivity contribution in [3.05, 3.63) is 57.8 Å². The first-order valence-electron chi connectivity index (χ1n) is 6.85. The Morgan fingerprint density at radius 2 is 1.92 bits per heavy atom. The zero-order valence-electron chi connectivity index (χ0n) is 12.3. The molecular formula is C14H9Cl2F3N6. The van der Waals surface area contributed by atoms with Gasteiger partial charge in [0.2, 0.25) is 5.95 Å². The van der Waals surface area contributed by atoms with E-state index in [9.17, 15) is 13.2 Å². The molecule has 1 aromatic carbocycles. The fraction of sp³-hybridized carbons (Fsp3) is 0.143. The number of hydrogen-bond acceptors (Lipinski definition) is 5. The van der Waals surface area contributed by atoms with Crippen molar-refractivity contribution in [3.8, 4) is 5.69 Å². The molecule has 0 amide bonds. The van der Waals surface area contributed by atoms with Crippen molar-refractivity contribution < 1.29 is 13.2 Å². The third kappa shape index (κ3) is 3.67. The average molecular weight is 389 g/mol. The topological polar surface area (TPSA) is 68.5 Å². The Labute approximate surface area is 149 Å². The minimum Gasteiger partial charge on any atom is -0.349 e. The first kappa shape index (κ1) is 17.4. The third-order valence-electron chi connectivity index (χ3n) is 3.23. The van der Waals surface area contributed by atoms with Crippen molar-refractivity contribution in [1.29, 1.82) is 0 Å². The van der Waals surface area contributed by atoms with Gasteiger partial charge in [0.1, 0.15) is 5.69 Å². The van der Waals surface area contributed by atoms with Crippen molar-refractivity contribution in [2.24, 2.45) is 0 Å². The molecule has 0 saturated heterocycles. The predicted molar refractivity (Wildman–Crippen MR) is 85.7 cm³/mol. The van der Waals surface area contributed by atoms with Gasteiger partial charge in [0.25, 0.3) is 0 Å². The molecule has 0 radical (unpaired) electrons. The number of hydrogen-bond donors (Lipinski definition) is 1. The lowest BCUT2D eigenvalue weighted by Gasteiger charge is -2.13. The Morgan fingerprint density at radius 3 is 2.68 bits per heavy atom. The van der Waals surface area contributed by atoms with E-state index in [-0.39, 0.29) is 23.1 Å². The number of rotatable bonds is 4. The molecule has 1 N–H and O–H groups in total. The van der Waals surface area contributed by atoms with E-state index < -0.39 is 11.9 Å². The van der Waals surface area contributed by atoms with Gasteiger partial charge in [-0.1, -0.05) is 40.4 Å². The summed E-state index contributed by atoms with van der Waals surface area (Å²) in [7, 11) is 0. The van der Waals surface area contributed by atoms with Crippen LogP contribution in [0.15, 0.2) is 36.5 Å². The third-order valence-corrected chi connectivity index (χ3v) is 4.03. The summed E-state index contributed by atoms with van der Waals surface area (Å²) in [5.74, 6) is 0.112. The molecule has 6 nitrogen and oxygen atoms in total. The summed E-state index contributed by atoms with van der Waals surface area (Å²) >= 11 is 12.1. The van der Waals surface area contributed by atoms with E-state index in [0.717, 1.165) is 6.20 Å². The number of halogens is 5. The van der Waals surface area contributed by atoms with Crippen LogP contribution in [0.1, 0.15) is 11.3 Å². The normalized spacial score (nSPS) is 11.6. The lowest BCUT2D eigenvalue weighted by molar-refractivity contribution is -0.141. The molecule has 0 aliphatic rings. The number of anilines is 1. The number of tetrazole rings is 1. The number of nitrogens with one attached hydrogen (secondary N) is 1. The second-order valence-corrected chi connectivity index (χ2v) is 5.63. The van der Waals surface area contributed by atoms with Gasteiger partial charge < -0.3 is 5.32 Å². The van der Waals surface area contributed by atoms with Gasteiger partial charge in [-0.25, -0.2) is 0 Å². The zero-order valence-corrected chi connectivity index (χ0v) is 13.8. The quantitative estimate of drug-likeness (QED) is 0.731. The maximum absolute atomic E-state index is 13.0. The second-order valence-electron chi connectivity index (χ2n) is 4.85. The summed E-state index contributed by atoms with van der Waals surface area (Å²) in [6.07, 6.45) is -3.47. The van der Waals surface area contributed by atoms with Gasteiger partial charge in [-0.15, -0.1) is 0 Å². The fourth-order valence-corrected chi connectivity index (χ4v) is 2.50. The number of nitrogens with zero attached hydrogens (tertiary/aromatic N) is 5. The van der Waals surface area contributed by atoms with E-state index >= 15 is 0 Å². The summed E-state index contributed by atoms with van der Waals surface area (Å²) in [5, 5.41) is 14.3. The van der Waals surface area contributed by atoms with Crippen LogP contribution in [-0.4, -0.2) is 25.2 Å². The van der Waals surface area contributed by atoms with Crippen LogP contribution in [0, 0.1) is 0 Å². The molecule has 3 aromatic rings. The second kappa shape index (κ2) is 6.85. The lowest BCUT2D eigenvalue weighted by atomic mass is 10.2. The Morgan fingerprint density at radius 1 is 1.12 bits per heavy atom. The van der Waals surface area contributed by atoms with E-state index in [4.69, 9.17) is 23.2 Å². The van der Waals surface area contributed by atoms with Gasteiger partial charge >= 0.3 is 6.18 Å². The smallest absolute Gasteiger partial charge is 0.349 e. The van der Waals surface area contributed by atoms with E-state index in [0.29, 0.717) is 10.7 Å². The maximum atomic E-state index is 13.0. The SMILES string of the molecule is FC(F)(F)c1ncccc1CNc1nnnn1-c1cccc(Cl)c1Cl. The monoisotopic (exact) mass is 388 g/mol. The average Bonchev–Trinajstić information content (AvgIpc) is 3.03. The van der Waals surface area contributed by atoms with Gasteiger partial charge in [-0.05, 0) is 28.6 Å². The van der Waals surface area contributed by atoms with Crippen molar-refractivity contribution in [1.82, 2.24) is 25.2 Å². The highest BCUT2D eigenvalue weighted by atomic mass is 35.5. The van der Waals surface area contributed by atoms with Crippen LogP contribution in [0.2, 0.25) is 10.0 Å². The molecule has 0 unspecified atom stereocenters. The molecule has 2 aromatic heterocycles. The van der Waals surface area contributed by atoms with Crippen LogP contribution in [0.3, 0.4) is 0 Å². The number of aromatic nitrogens is 5. The summed E-state index contributed by atoms with van der Waals surface area (Å²) in [4.78, 5) is 3.39.